The Morgan fingerprint density at radius 1 is 0.969 bits per heavy atom. The van der Waals surface area contributed by atoms with Crippen LogP contribution in [0.15, 0.2) is 92.0 Å². The van der Waals surface area contributed by atoms with E-state index in [1.807, 2.05) is 49.4 Å². The molecular formula is C25H18N2O4S. The molecule has 0 aliphatic carbocycles. The lowest BCUT2D eigenvalue weighted by Crippen LogP contribution is -2.22. The lowest BCUT2D eigenvalue weighted by atomic mass is 10.1. The number of aryl methyl sites for hydroxylation is 1. The molecule has 0 bridgehead atoms. The highest BCUT2D eigenvalue weighted by molar-refractivity contribution is 7.98. The fourth-order valence-electron chi connectivity index (χ4n) is 3.72. The van der Waals surface area contributed by atoms with Crippen molar-refractivity contribution in [3.63, 3.8) is 0 Å². The average molecular weight is 442 g/mol. The number of para-hydroxylation sites is 2. The van der Waals surface area contributed by atoms with Crippen molar-refractivity contribution >= 4 is 33.6 Å². The number of hydrogen-bond acceptors (Lipinski definition) is 6. The zero-order valence-electron chi connectivity index (χ0n) is 17.1. The van der Waals surface area contributed by atoms with Crippen LogP contribution in [0.3, 0.4) is 0 Å². The van der Waals surface area contributed by atoms with E-state index >= 15 is 0 Å². The lowest BCUT2D eigenvalue weighted by Gasteiger charge is -2.15. The van der Waals surface area contributed by atoms with Crippen LogP contribution in [-0.2, 0) is 5.75 Å². The third-order valence-corrected chi connectivity index (χ3v) is 6.26. The summed E-state index contributed by atoms with van der Waals surface area (Å²) >= 11 is 1.37. The molecule has 6 nitrogen and oxygen atoms in total. The molecule has 0 aliphatic heterocycles. The van der Waals surface area contributed by atoms with Gasteiger partial charge in [-0.3, -0.25) is 9.36 Å². The van der Waals surface area contributed by atoms with Crippen molar-refractivity contribution in [2.75, 3.05) is 0 Å². The van der Waals surface area contributed by atoms with Crippen LogP contribution in [0, 0.1) is 6.92 Å². The summed E-state index contributed by atoms with van der Waals surface area (Å²) < 4.78 is 6.85. The molecule has 0 aliphatic rings. The number of nitrogens with zero attached hydrogens (tertiary/aromatic N) is 2. The van der Waals surface area contributed by atoms with Gasteiger partial charge >= 0.3 is 5.63 Å². The van der Waals surface area contributed by atoms with Gasteiger partial charge in [0.2, 0.25) is 0 Å². The number of hydrogen-bond donors (Lipinski definition) is 1. The first-order valence-corrected chi connectivity index (χ1v) is 11.0. The smallest absolute Gasteiger partial charge is 0.336 e. The number of phenolic OH excluding ortho intramolecular Hbond substituents is 1. The Morgan fingerprint density at radius 2 is 1.75 bits per heavy atom. The van der Waals surface area contributed by atoms with Crippen molar-refractivity contribution in [1.82, 2.24) is 9.55 Å². The van der Waals surface area contributed by atoms with Gasteiger partial charge in [-0.25, -0.2) is 9.78 Å². The summed E-state index contributed by atoms with van der Waals surface area (Å²) in [5.74, 6) is 0.416. The summed E-state index contributed by atoms with van der Waals surface area (Å²) in [6.45, 7) is 1.95. The van der Waals surface area contributed by atoms with Gasteiger partial charge in [-0.05, 0) is 48.4 Å². The highest BCUT2D eigenvalue weighted by Gasteiger charge is 2.16. The van der Waals surface area contributed by atoms with Crippen molar-refractivity contribution in [2.24, 2.45) is 0 Å². The van der Waals surface area contributed by atoms with Crippen LogP contribution in [0.5, 0.6) is 5.75 Å². The molecule has 0 amide bonds. The Morgan fingerprint density at radius 3 is 2.59 bits per heavy atom. The predicted molar refractivity (Wildman–Crippen MR) is 126 cm³/mol. The number of aromatic hydroxyl groups is 1. The quantitative estimate of drug-likeness (QED) is 0.245. The van der Waals surface area contributed by atoms with Crippen molar-refractivity contribution < 1.29 is 9.52 Å². The largest absolute Gasteiger partial charge is 0.508 e. The van der Waals surface area contributed by atoms with Crippen molar-refractivity contribution in [1.29, 1.82) is 0 Å². The fourth-order valence-corrected chi connectivity index (χ4v) is 4.71. The molecular weight excluding hydrogens is 424 g/mol. The Balaban J connectivity index is 1.66. The minimum Gasteiger partial charge on any atom is -0.508 e. The van der Waals surface area contributed by atoms with Gasteiger partial charge in [0.25, 0.3) is 5.56 Å². The SMILES string of the molecule is Cc1ccccc1-n1c(SCc2cc(=O)oc3cc(O)ccc23)nc2ccccc2c1=O. The van der Waals surface area contributed by atoms with Crippen LogP contribution in [0.25, 0.3) is 27.6 Å². The van der Waals surface area contributed by atoms with Gasteiger partial charge in [0.15, 0.2) is 5.16 Å². The van der Waals surface area contributed by atoms with Crippen LogP contribution in [0.2, 0.25) is 0 Å². The first-order valence-electron chi connectivity index (χ1n) is 9.97. The molecule has 0 atom stereocenters. The summed E-state index contributed by atoms with van der Waals surface area (Å²) in [6, 6.07) is 21.0. The molecule has 0 radical (unpaired) electrons. The van der Waals surface area contributed by atoms with Crippen LogP contribution in [0.1, 0.15) is 11.1 Å². The number of fused-ring (bicyclic) bond motifs is 2. The Kier molecular flexibility index (Phi) is 5.03. The molecule has 3 aromatic carbocycles. The van der Waals surface area contributed by atoms with Crippen molar-refractivity contribution in [2.45, 2.75) is 17.8 Å². The molecule has 1 N–H and O–H groups in total. The summed E-state index contributed by atoms with van der Waals surface area (Å²) in [6.07, 6.45) is 0. The topological polar surface area (TPSA) is 85.3 Å². The lowest BCUT2D eigenvalue weighted by molar-refractivity contribution is 0.473. The van der Waals surface area contributed by atoms with Gasteiger partial charge in [-0.1, -0.05) is 42.1 Å². The van der Waals surface area contributed by atoms with E-state index in [1.165, 1.54) is 23.9 Å². The van der Waals surface area contributed by atoms with E-state index in [-0.39, 0.29) is 11.3 Å². The van der Waals surface area contributed by atoms with Crippen molar-refractivity contribution in [3.05, 3.63) is 105 Å². The number of benzene rings is 3. The van der Waals surface area contributed by atoms with E-state index in [0.717, 1.165) is 22.2 Å². The maximum atomic E-state index is 13.4. The van der Waals surface area contributed by atoms with Crippen molar-refractivity contribution in [3.8, 4) is 11.4 Å². The molecule has 0 saturated carbocycles. The third-order valence-electron chi connectivity index (χ3n) is 5.27. The van der Waals surface area contributed by atoms with Crippen LogP contribution >= 0.6 is 11.8 Å². The Bertz CT molecular complexity index is 1600. The molecule has 0 unspecified atom stereocenters. The van der Waals surface area contributed by atoms with Crippen LogP contribution in [-0.4, -0.2) is 14.7 Å². The maximum absolute atomic E-state index is 13.4. The first kappa shape index (κ1) is 20.1. The number of rotatable bonds is 4. The maximum Gasteiger partial charge on any atom is 0.336 e. The summed E-state index contributed by atoms with van der Waals surface area (Å²) in [5.41, 5.74) is 2.75. The minimum atomic E-state index is -0.499. The molecule has 5 aromatic rings. The molecule has 158 valence electrons. The second-order valence-electron chi connectivity index (χ2n) is 7.40. The molecule has 7 heteroatoms. The van der Waals surface area contributed by atoms with E-state index in [9.17, 15) is 14.7 Å². The average Bonchev–Trinajstić information content (AvgIpc) is 2.78. The zero-order valence-corrected chi connectivity index (χ0v) is 17.9. The number of phenols is 1. The highest BCUT2D eigenvalue weighted by Crippen LogP contribution is 2.29. The molecule has 0 saturated heterocycles. The third kappa shape index (κ3) is 3.56. The molecule has 0 fully saturated rings. The van der Waals surface area contributed by atoms with E-state index in [4.69, 9.17) is 9.40 Å². The minimum absolute atomic E-state index is 0.0232. The molecule has 0 spiro atoms. The summed E-state index contributed by atoms with van der Waals surface area (Å²) in [7, 11) is 0. The Hall–Kier alpha value is -3.84. The molecule has 2 aromatic heterocycles. The van der Waals surface area contributed by atoms with Gasteiger partial charge in [-0.2, -0.15) is 0 Å². The van der Waals surface area contributed by atoms with E-state index < -0.39 is 5.63 Å². The zero-order chi connectivity index (χ0) is 22.2. The van der Waals surface area contributed by atoms with Gasteiger partial charge in [-0.15, -0.1) is 0 Å². The normalized spacial score (nSPS) is 11.3. The van der Waals surface area contributed by atoms with Crippen LogP contribution in [0.4, 0.5) is 0 Å². The summed E-state index contributed by atoms with van der Waals surface area (Å²) in [5, 5.41) is 11.5. The van der Waals surface area contributed by atoms with Crippen LogP contribution < -0.4 is 11.2 Å². The standard InChI is InChI=1S/C25H18N2O4S/c1-15-6-2-5-9-21(15)27-24(30)19-7-3-4-8-20(19)26-25(27)32-14-16-12-23(29)31-22-13-17(28)10-11-18(16)22/h2-13,28H,14H2,1H3. The molecule has 32 heavy (non-hydrogen) atoms. The predicted octanol–water partition coefficient (Wildman–Crippen LogP) is 4.80. The van der Waals surface area contributed by atoms with E-state index in [0.29, 0.717) is 27.4 Å². The number of aromatic nitrogens is 2. The van der Waals surface area contributed by atoms with E-state index in [2.05, 4.69) is 0 Å². The fraction of sp³-hybridized carbons (Fsp3) is 0.0800. The molecule has 5 rings (SSSR count). The van der Waals surface area contributed by atoms with Gasteiger partial charge in [0, 0.05) is 23.3 Å². The highest BCUT2D eigenvalue weighted by atomic mass is 32.2. The Labute approximate surface area is 186 Å². The first-order chi connectivity index (χ1) is 15.5. The number of thioether (sulfide) groups is 1. The van der Waals surface area contributed by atoms with E-state index in [1.54, 1.807) is 22.8 Å². The van der Waals surface area contributed by atoms with Gasteiger partial charge in [0.1, 0.15) is 11.3 Å². The second-order valence-corrected chi connectivity index (χ2v) is 8.34. The van der Waals surface area contributed by atoms with Gasteiger partial charge in [0.05, 0.1) is 16.6 Å². The van der Waals surface area contributed by atoms with Gasteiger partial charge < -0.3 is 9.52 Å². The second kappa shape index (κ2) is 8.01. The monoisotopic (exact) mass is 442 g/mol. The summed E-state index contributed by atoms with van der Waals surface area (Å²) in [4.78, 5) is 30.3. The molecule has 2 heterocycles.